The number of piperazine rings is 1. The lowest BCUT2D eigenvalue weighted by Crippen LogP contribution is -2.44. The molecule has 0 spiro atoms. The minimum Gasteiger partial charge on any atom is -0.368 e. The highest BCUT2D eigenvalue weighted by atomic mass is 79.9. The van der Waals surface area contributed by atoms with Crippen LogP contribution in [-0.2, 0) is 0 Å². The van der Waals surface area contributed by atoms with Gasteiger partial charge in [0.1, 0.15) is 5.69 Å². The van der Waals surface area contributed by atoms with Gasteiger partial charge in [-0.1, -0.05) is 22.0 Å². The third kappa shape index (κ3) is 4.09. The second-order valence-corrected chi connectivity index (χ2v) is 6.57. The average molecular weight is 375 g/mol. The zero-order chi connectivity index (χ0) is 16.2. The van der Waals surface area contributed by atoms with E-state index in [0.29, 0.717) is 5.69 Å². The van der Waals surface area contributed by atoms with Gasteiger partial charge in [0.05, 0.1) is 11.9 Å². The zero-order valence-electron chi connectivity index (χ0n) is 13.0. The van der Waals surface area contributed by atoms with Crippen LogP contribution >= 0.6 is 15.9 Å². The van der Waals surface area contributed by atoms with E-state index in [0.717, 1.165) is 42.0 Å². The first-order valence-corrected chi connectivity index (χ1v) is 8.37. The maximum atomic E-state index is 12.2. The second kappa shape index (κ2) is 7.10. The molecule has 1 aromatic heterocycles. The summed E-state index contributed by atoms with van der Waals surface area (Å²) >= 11 is 3.39. The standard InChI is InChI=1S/C17H19BrN4O/c1-21-7-9-22(10-8-21)15-5-6-16(19-12-15)17(23)20-14-4-2-3-13(18)11-14/h2-6,11-12H,7-10H2,1H3,(H,20,23). The fourth-order valence-corrected chi connectivity index (χ4v) is 2.93. The van der Waals surface area contributed by atoms with E-state index in [1.807, 2.05) is 30.3 Å². The summed E-state index contributed by atoms with van der Waals surface area (Å²) in [5, 5.41) is 2.85. The highest BCUT2D eigenvalue weighted by Gasteiger charge is 2.15. The van der Waals surface area contributed by atoms with Crippen LogP contribution in [0.4, 0.5) is 11.4 Å². The minimum atomic E-state index is -0.201. The number of nitrogens with zero attached hydrogens (tertiary/aromatic N) is 3. The molecule has 1 saturated heterocycles. The molecule has 120 valence electrons. The van der Waals surface area contributed by atoms with E-state index < -0.39 is 0 Å². The van der Waals surface area contributed by atoms with Crippen LogP contribution < -0.4 is 10.2 Å². The van der Waals surface area contributed by atoms with Crippen molar-refractivity contribution in [3.05, 3.63) is 52.8 Å². The number of likely N-dealkylation sites (N-methyl/N-ethyl adjacent to an activating group) is 1. The molecule has 1 aliphatic heterocycles. The number of carbonyl (C=O) groups excluding carboxylic acids is 1. The lowest BCUT2D eigenvalue weighted by Gasteiger charge is -2.33. The Morgan fingerprint density at radius 1 is 1.17 bits per heavy atom. The number of pyridine rings is 1. The van der Waals surface area contributed by atoms with Gasteiger partial charge < -0.3 is 15.1 Å². The van der Waals surface area contributed by atoms with E-state index in [9.17, 15) is 4.79 Å². The molecule has 1 amide bonds. The quantitative estimate of drug-likeness (QED) is 0.897. The molecule has 2 heterocycles. The zero-order valence-corrected chi connectivity index (χ0v) is 14.6. The first-order chi connectivity index (χ1) is 11.1. The van der Waals surface area contributed by atoms with E-state index in [2.05, 4.69) is 43.1 Å². The van der Waals surface area contributed by atoms with E-state index in [1.165, 1.54) is 0 Å². The maximum Gasteiger partial charge on any atom is 0.274 e. The van der Waals surface area contributed by atoms with Crippen molar-refractivity contribution in [2.45, 2.75) is 0 Å². The lowest BCUT2D eigenvalue weighted by atomic mass is 10.2. The Bertz CT molecular complexity index is 681. The maximum absolute atomic E-state index is 12.2. The molecule has 6 heteroatoms. The molecule has 1 N–H and O–H groups in total. The summed E-state index contributed by atoms with van der Waals surface area (Å²) < 4.78 is 0.925. The molecule has 0 aliphatic carbocycles. The molecule has 0 bridgehead atoms. The summed E-state index contributed by atoms with van der Waals surface area (Å²) in [5.41, 5.74) is 2.23. The molecule has 0 radical (unpaired) electrons. The summed E-state index contributed by atoms with van der Waals surface area (Å²) in [4.78, 5) is 21.2. The van der Waals surface area contributed by atoms with Crippen LogP contribution in [0.5, 0.6) is 0 Å². The van der Waals surface area contributed by atoms with Gasteiger partial charge in [-0.3, -0.25) is 4.79 Å². The Kier molecular flexibility index (Phi) is 4.93. The summed E-state index contributed by atoms with van der Waals surface area (Å²) in [6.45, 7) is 4.07. The van der Waals surface area contributed by atoms with E-state index in [1.54, 1.807) is 12.3 Å². The van der Waals surface area contributed by atoms with Crippen molar-refractivity contribution in [2.75, 3.05) is 43.4 Å². The van der Waals surface area contributed by atoms with Crippen LogP contribution in [0.1, 0.15) is 10.5 Å². The largest absolute Gasteiger partial charge is 0.368 e. The fourth-order valence-electron chi connectivity index (χ4n) is 2.53. The highest BCUT2D eigenvalue weighted by molar-refractivity contribution is 9.10. The number of halogens is 1. The first-order valence-electron chi connectivity index (χ1n) is 7.58. The fraction of sp³-hybridized carbons (Fsp3) is 0.294. The summed E-state index contributed by atoms with van der Waals surface area (Å²) in [7, 11) is 2.13. The van der Waals surface area contributed by atoms with Crippen molar-refractivity contribution >= 4 is 33.2 Å². The number of anilines is 2. The topological polar surface area (TPSA) is 48.5 Å². The minimum absolute atomic E-state index is 0.201. The molecule has 1 aromatic carbocycles. The van der Waals surface area contributed by atoms with Crippen molar-refractivity contribution in [1.82, 2.24) is 9.88 Å². The number of amides is 1. The molecule has 0 atom stereocenters. The van der Waals surface area contributed by atoms with E-state index in [4.69, 9.17) is 0 Å². The molecule has 1 fully saturated rings. The Labute approximate surface area is 144 Å². The normalized spacial score (nSPS) is 15.5. The number of rotatable bonds is 3. The SMILES string of the molecule is CN1CCN(c2ccc(C(=O)Nc3cccc(Br)c3)nc2)CC1. The van der Waals surface area contributed by atoms with Crippen molar-refractivity contribution in [3.63, 3.8) is 0 Å². The molecule has 2 aromatic rings. The van der Waals surface area contributed by atoms with Crippen molar-refractivity contribution in [3.8, 4) is 0 Å². The lowest BCUT2D eigenvalue weighted by molar-refractivity contribution is 0.102. The van der Waals surface area contributed by atoms with Crippen LogP contribution in [-0.4, -0.2) is 49.0 Å². The van der Waals surface area contributed by atoms with Crippen LogP contribution in [0, 0.1) is 0 Å². The Morgan fingerprint density at radius 2 is 1.96 bits per heavy atom. The van der Waals surface area contributed by atoms with Crippen molar-refractivity contribution < 1.29 is 4.79 Å². The smallest absolute Gasteiger partial charge is 0.274 e. The van der Waals surface area contributed by atoms with Gasteiger partial charge in [0.2, 0.25) is 0 Å². The number of carbonyl (C=O) groups is 1. The summed E-state index contributed by atoms with van der Waals surface area (Å²) in [6.07, 6.45) is 1.78. The first kappa shape index (κ1) is 16.0. The monoisotopic (exact) mass is 374 g/mol. The summed E-state index contributed by atoms with van der Waals surface area (Å²) in [5.74, 6) is -0.201. The Morgan fingerprint density at radius 3 is 2.61 bits per heavy atom. The van der Waals surface area contributed by atoms with Gasteiger partial charge in [-0.25, -0.2) is 4.98 Å². The van der Waals surface area contributed by atoms with Crippen LogP contribution in [0.3, 0.4) is 0 Å². The molecule has 23 heavy (non-hydrogen) atoms. The number of benzene rings is 1. The van der Waals surface area contributed by atoms with Crippen molar-refractivity contribution in [1.29, 1.82) is 0 Å². The van der Waals surface area contributed by atoms with E-state index >= 15 is 0 Å². The number of aromatic nitrogens is 1. The molecule has 1 aliphatic rings. The predicted molar refractivity (Wildman–Crippen MR) is 96.0 cm³/mol. The van der Waals surface area contributed by atoms with Crippen molar-refractivity contribution in [2.24, 2.45) is 0 Å². The summed E-state index contributed by atoms with van der Waals surface area (Å²) in [6, 6.07) is 11.2. The molecule has 0 unspecified atom stereocenters. The highest BCUT2D eigenvalue weighted by Crippen LogP contribution is 2.18. The van der Waals surface area contributed by atoms with Gasteiger partial charge in [-0.05, 0) is 37.4 Å². The van der Waals surface area contributed by atoms with E-state index in [-0.39, 0.29) is 5.91 Å². The van der Waals surface area contributed by atoms with Gasteiger partial charge in [0.15, 0.2) is 0 Å². The number of hydrogen-bond acceptors (Lipinski definition) is 4. The van der Waals surface area contributed by atoms with Gasteiger partial charge in [-0.15, -0.1) is 0 Å². The molecule has 3 rings (SSSR count). The molecular formula is C17H19BrN4O. The molecule has 5 nitrogen and oxygen atoms in total. The van der Waals surface area contributed by atoms with Crippen LogP contribution in [0.2, 0.25) is 0 Å². The predicted octanol–water partition coefficient (Wildman–Crippen LogP) is 2.85. The van der Waals surface area contributed by atoms with Crippen LogP contribution in [0.25, 0.3) is 0 Å². The van der Waals surface area contributed by atoms with Gasteiger partial charge in [0.25, 0.3) is 5.91 Å². The number of hydrogen-bond donors (Lipinski definition) is 1. The Balaban J connectivity index is 1.65. The van der Waals surface area contributed by atoms with Gasteiger partial charge >= 0.3 is 0 Å². The van der Waals surface area contributed by atoms with Gasteiger partial charge in [-0.2, -0.15) is 0 Å². The third-order valence-electron chi connectivity index (χ3n) is 3.93. The molecule has 0 saturated carbocycles. The third-order valence-corrected chi connectivity index (χ3v) is 4.42. The van der Waals surface area contributed by atoms with Crippen LogP contribution in [0.15, 0.2) is 47.1 Å². The average Bonchev–Trinajstić information content (AvgIpc) is 2.56. The second-order valence-electron chi connectivity index (χ2n) is 5.66. The molecular weight excluding hydrogens is 356 g/mol. The Hall–Kier alpha value is -1.92. The van der Waals surface area contributed by atoms with Gasteiger partial charge in [0, 0.05) is 36.3 Å². The number of nitrogens with one attached hydrogen (secondary N) is 1.